The van der Waals surface area contributed by atoms with Crippen LogP contribution in [0.2, 0.25) is 0 Å². The molecule has 1 saturated heterocycles. The highest BCUT2D eigenvalue weighted by Gasteiger charge is 2.44. The molecule has 31 heavy (non-hydrogen) atoms. The molecular weight excluding hydrogens is 456 g/mol. The minimum absolute atomic E-state index is 0.0217. The molecule has 1 aromatic heterocycles. The summed E-state index contributed by atoms with van der Waals surface area (Å²) < 4.78 is 42.0. The molecule has 172 valence electrons. The molecule has 0 amide bonds. The van der Waals surface area contributed by atoms with Gasteiger partial charge in [0, 0.05) is 18.0 Å². The Bertz CT molecular complexity index is 1040. The Balaban J connectivity index is 1.91. The van der Waals surface area contributed by atoms with Gasteiger partial charge < -0.3 is 30.0 Å². The maximum absolute atomic E-state index is 11.0. The van der Waals surface area contributed by atoms with E-state index in [0.29, 0.717) is 17.3 Å². The Morgan fingerprint density at radius 2 is 1.94 bits per heavy atom. The highest BCUT2D eigenvalue weighted by atomic mass is 32.3. The Morgan fingerprint density at radius 3 is 2.58 bits per heavy atom. The standard InChI is InChI=1S/C17H22N2O10S2/c1-27-19-7-9(10-4-2-3-5-11(10)19)6-13(18-29-31(24,25)26)30-17-16(23)15(22)14(21)12(8-20)28-17/h2-5,7,12,14-17,20-23H,6,8H2,1H3,(H,24,25,26)/b18-13-/t12-,14+,15+,16-,17+/m1/s1. The summed E-state index contributed by atoms with van der Waals surface area (Å²) in [5.41, 5.74) is 0.148. The van der Waals surface area contributed by atoms with Crippen LogP contribution in [0.1, 0.15) is 5.56 Å². The van der Waals surface area contributed by atoms with E-state index in [1.54, 1.807) is 30.5 Å². The number of nitrogens with zero attached hydrogens (tertiary/aromatic N) is 2. The average molecular weight is 479 g/mol. The van der Waals surface area contributed by atoms with Crippen molar-refractivity contribution in [2.45, 2.75) is 36.3 Å². The molecule has 12 nitrogen and oxygen atoms in total. The molecule has 0 bridgehead atoms. The van der Waals surface area contributed by atoms with Crippen molar-refractivity contribution in [1.29, 1.82) is 0 Å². The molecule has 5 atom stereocenters. The topological polar surface area (TPSA) is 180 Å². The first-order valence-electron chi connectivity index (χ1n) is 8.98. The second-order valence-corrected chi connectivity index (χ2v) is 8.84. The van der Waals surface area contributed by atoms with E-state index in [1.165, 1.54) is 11.8 Å². The highest BCUT2D eigenvalue weighted by Crippen LogP contribution is 2.31. The first-order chi connectivity index (χ1) is 14.6. The van der Waals surface area contributed by atoms with Gasteiger partial charge in [-0.3, -0.25) is 4.55 Å². The Kier molecular flexibility index (Phi) is 7.43. The Hall–Kier alpha value is -1.91. The van der Waals surface area contributed by atoms with Crippen molar-refractivity contribution in [3.8, 4) is 0 Å². The van der Waals surface area contributed by atoms with E-state index >= 15 is 0 Å². The lowest BCUT2D eigenvalue weighted by Crippen LogP contribution is -2.57. The number of benzene rings is 1. The number of hydrogen-bond acceptors (Lipinski definition) is 11. The van der Waals surface area contributed by atoms with E-state index in [-0.39, 0.29) is 11.5 Å². The molecule has 14 heteroatoms. The molecule has 0 spiro atoms. The quantitative estimate of drug-likeness (QED) is 0.141. The molecule has 0 aliphatic carbocycles. The van der Waals surface area contributed by atoms with Gasteiger partial charge in [0.05, 0.1) is 12.1 Å². The van der Waals surface area contributed by atoms with Gasteiger partial charge in [0.15, 0.2) is 0 Å². The van der Waals surface area contributed by atoms with Crippen molar-refractivity contribution in [1.82, 2.24) is 4.73 Å². The van der Waals surface area contributed by atoms with Crippen molar-refractivity contribution < 1.29 is 47.3 Å². The van der Waals surface area contributed by atoms with Crippen LogP contribution >= 0.6 is 11.8 Å². The van der Waals surface area contributed by atoms with Gasteiger partial charge in [-0.25, -0.2) is 4.28 Å². The monoisotopic (exact) mass is 478 g/mol. The molecule has 0 unspecified atom stereocenters. The molecule has 0 saturated carbocycles. The van der Waals surface area contributed by atoms with Crippen LogP contribution in [-0.4, -0.2) is 86.7 Å². The fraction of sp³-hybridized carbons (Fsp3) is 0.471. The fourth-order valence-corrected chi connectivity index (χ4v) is 4.47. The van der Waals surface area contributed by atoms with Crippen molar-refractivity contribution in [2.75, 3.05) is 13.7 Å². The summed E-state index contributed by atoms with van der Waals surface area (Å²) in [5.74, 6) is 0. The van der Waals surface area contributed by atoms with E-state index < -0.39 is 46.9 Å². The summed E-state index contributed by atoms with van der Waals surface area (Å²) in [7, 11) is -3.44. The molecular formula is C17H22N2O10S2. The van der Waals surface area contributed by atoms with Gasteiger partial charge in [0.1, 0.15) is 42.0 Å². The largest absolute Gasteiger partial charge is 0.466 e. The molecule has 3 rings (SSSR count). The summed E-state index contributed by atoms with van der Waals surface area (Å²) in [6.45, 7) is -0.628. The second kappa shape index (κ2) is 9.70. The van der Waals surface area contributed by atoms with Gasteiger partial charge >= 0.3 is 10.4 Å². The lowest BCUT2D eigenvalue weighted by molar-refractivity contribution is -0.205. The second-order valence-electron chi connectivity index (χ2n) is 6.66. The molecule has 2 heterocycles. The minimum atomic E-state index is -4.91. The Morgan fingerprint density at radius 1 is 1.23 bits per heavy atom. The van der Waals surface area contributed by atoms with Gasteiger partial charge in [0.2, 0.25) is 0 Å². The number of aromatic nitrogens is 1. The van der Waals surface area contributed by atoms with Crippen LogP contribution in [0, 0.1) is 0 Å². The van der Waals surface area contributed by atoms with Crippen molar-refractivity contribution >= 4 is 38.1 Å². The minimum Gasteiger partial charge on any atom is -0.417 e. The zero-order valence-electron chi connectivity index (χ0n) is 16.2. The zero-order chi connectivity index (χ0) is 22.8. The van der Waals surface area contributed by atoms with Crippen LogP contribution in [0.5, 0.6) is 0 Å². The number of ether oxygens (including phenoxy) is 1. The predicted molar refractivity (Wildman–Crippen MR) is 110 cm³/mol. The molecule has 2 aromatic rings. The van der Waals surface area contributed by atoms with Gasteiger partial charge in [-0.2, -0.15) is 13.1 Å². The smallest absolute Gasteiger partial charge is 0.417 e. The number of rotatable bonds is 7. The maximum Gasteiger partial charge on any atom is 0.466 e. The lowest BCUT2D eigenvalue weighted by Gasteiger charge is -2.39. The SMILES string of the molecule is COn1cc(C/C(=N/OS(=O)(=O)O)S[C@@H]2O[C@H](CO)[C@H](O)[C@H](O)[C@H]2O)c2ccccc21. The van der Waals surface area contributed by atoms with Gasteiger partial charge in [-0.05, 0) is 11.6 Å². The van der Waals surface area contributed by atoms with Crippen molar-refractivity contribution in [3.05, 3.63) is 36.0 Å². The number of para-hydroxylation sites is 1. The number of oxime groups is 1. The van der Waals surface area contributed by atoms with Gasteiger partial charge in [-0.15, -0.1) is 0 Å². The van der Waals surface area contributed by atoms with Crippen LogP contribution in [0.4, 0.5) is 0 Å². The third-order valence-electron chi connectivity index (χ3n) is 4.63. The maximum atomic E-state index is 11.0. The van der Waals surface area contributed by atoms with Gasteiger partial charge in [0.25, 0.3) is 0 Å². The number of hydrogen-bond donors (Lipinski definition) is 5. The van der Waals surface area contributed by atoms with E-state index in [4.69, 9.17) is 14.1 Å². The normalized spacial score (nSPS) is 27.4. The van der Waals surface area contributed by atoms with Crippen LogP contribution in [0.3, 0.4) is 0 Å². The molecule has 1 aliphatic rings. The van der Waals surface area contributed by atoms with Crippen LogP contribution < -0.4 is 4.84 Å². The number of fused-ring (bicyclic) bond motifs is 1. The number of aliphatic hydroxyl groups is 4. The summed E-state index contributed by atoms with van der Waals surface area (Å²) in [6, 6.07) is 7.21. The van der Waals surface area contributed by atoms with Crippen LogP contribution in [0.15, 0.2) is 35.6 Å². The fourth-order valence-electron chi connectivity index (χ4n) is 3.16. The molecule has 1 aromatic carbocycles. The first kappa shape index (κ1) is 23.7. The van der Waals surface area contributed by atoms with E-state index in [9.17, 15) is 28.8 Å². The lowest BCUT2D eigenvalue weighted by atomic mass is 10.0. The first-order valence-corrected chi connectivity index (χ1v) is 11.2. The summed E-state index contributed by atoms with van der Waals surface area (Å²) in [5, 5.41) is 43.7. The molecule has 0 radical (unpaired) electrons. The third kappa shape index (κ3) is 5.48. The third-order valence-corrected chi connectivity index (χ3v) is 6.01. The summed E-state index contributed by atoms with van der Waals surface area (Å²) in [4.78, 5) is 5.27. The number of aliphatic hydroxyl groups excluding tert-OH is 4. The van der Waals surface area contributed by atoms with Crippen LogP contribution in [0.25, 0.3) is 10.9 Å². The Labute approximate surface area is 181 Å². The van der Waals surface area contributed by atoms with E-state index in [1.807, 2.05) is 0 Å². The van der Waals surface area contributed by atoms with E-state index in [2.05, 4.69) is 9.44 Å². The van der Waals surface area contributed by atoms with Crippen LogP contribution in [-0.2, 0) is 25.8 Å². The average Bonchev–Trinajstić information content (AvgIpc) is 3.09. The molecule has 1 fully saturated rings. The van der Waals surface area contributed by atoms with Gasteiger partial charge in [-0.1, -0.05) is 35.1 Å². The highest BCUT2D eigenvalue weighted by molar-refractivity contribution is 8.14. The van der Waals surface area contributed by atoms with Crippen molar-refractivity contribution in [3.63, 3.8) is 0 Å². The molecule has 1 aliphatic heterocycles. The van der Waals surface area contributed by atoms with E-state index in [0.717, 1.165) is 10.9 Å². The zero-order valence-corrected chi connectivity index (χ0v) is 17.8. The summed E-state index contributed by atoms with van der Waals surface area (Å²) in [6.07, 6.45) is -4.30. The summed E-state index contributed by atoms with van der Waals surface area (Å²) >= 11 is 0.705. The predicted octanol–water partition coefficient (Wildman–Crippen LogP) is -1.09. The van der Waals surface area contributed by atoms with Crippen molar-refractivity contribution in [2.24, 2.45) is 5.16 Å². The molecule has 5 N–H and O–H groups in total. The number of thioether (sulfide) groups is 1.